The van der Waals surface area contributed by atoms with Crippen LogP contribution in [-0.4, -0.2) is 24.4 Å². The number of ether oxygens (including phenoxy) is 2. The van der Waals surface area contributed by atoms with Gasteiger partial charge < -0.3 is 9.47 Å². The van der Waals surface area contributed by atoms with E-state index in [9.17, 15) is 10.1 Å². The summed E-state index contributed by atoms with van der Waals surface area (Å²) in [6.45, 7) is 2.89. The zero-order valence-electron chi connectivity index (χ0n) is 15.9. The molecule has 7 nitrogen and oxygen atoms in total. The second-order valence-corrected chi connectivity index (χ2v) is 6.26. The Balaban J connectivity index is 1.47. The summed E-state index contributed by atoms with van der Waals surface area (Å²) in [6.07, 6.45) is 1.65. The Kier molecular flexibility index (Phi) is 6.78. The fourth-order valence-corrected chi connectivity index (χ4v) is 2.55. The van der Waals surface area contributed by atoms with Crippen LogP contribution in [0.25, 0.3) is 0 Å². The number of benzene rings is 3. The van der Waals surface area contributed by atoms with Gasteiger partial charge in [-0.25, -0.2) is 0 Å². The molecule has 0 spiro atoms. The standard InChI is InChI=1S/C22H21N3O4/c1-17-4-2-6-21(14-17)28-12-13-29-22-7-3-5-18(15-22)16-23-24-19-8-10-20(11-9-19)25(26)27/h2-11,14-16,24H,12-13H2,1H3/b23-16-. The van der Waals surface area contributed by atoms with Gasteiger partial charge in [-0.15, -0.1) is 0 Å². The Hall–Kier alpha value is -3.87. The number of hydrogen-bond donors (Lipinski definition) is 1. The van der Waals surface area contributed by atoms with Crippen molar-refractivity contribution in [2.24, 2.45) is 5.10 Å². The minimum atomic E-state index is -0.440. The van der Waals surface area contributed by atoms with Crippen LogP contribution in [0, 0.1) is 17.0 Å². The van der Waals surface area contributed by atoms with Gasteiger partial charge in [0.05, 0.1) is 16.8 Å². The fraction of sp³-hybridized carbons (Fsp3) is 0.136. The van der Waals surface area contributed by atoms with Crippen molar-refractivity contribution >= 4 is 17.6 Å². The molecule has 0 saturated carbocycles. The van der Waals surface area contributed by atoms with Crippen LogP contribution in [0.15, 0.2) is 77.9 Å². The first-order valence-electron chi connectivity index (χ1n) is 9.06. The minimum Gasteiger partial charge on any atom is -0.490 e. The van der Waals surface area contributed by atoms with E-state index in [0.29, 0.717) is 18.9 Å². The third-order valence-electron chi connectivity index (χ3n) is 3.95. The highest BCUT2D eigenvalue weighted by Gasteiger charge is 2.03. The van der Waals surface area contributed by atoms with E-state index in [4.69, 9.17) is 9.47 Å². The molecule has 0 aliphatic heterocycles. The highest BCUT2D eigenvalue weighted by molar-refractivity contribution is 5.80. The number of aryl methyl sites for hydroxylation is 1. The lowest BCUT2D eigenvalue weighted by atomic mass is 10.2. The topological polar surface area (TPSA) is 86.0 Å². The molecule has 148 valence electrons. The van der Waals surface area contributed by atoms with E-state index in [-0.39, 0.29) is 5.69 Å². The highest BCUT2D eigenvalue weighted by Crippen LogP contribution is 2.16. The maximum Gasteiger partial charge on any atom is 0.269 e. The smallest absolute Gasteiger partial charge is 0.269 e. The molecule has 0 aliphatic carbocycles. The van der Waals surface area contributed by atoms with Gasteiger partial charge in [0.1, 0.15) is 24.7 Å². The van der Waals surface area contributed by atoms with Gasteiger partial charge in [0.2, 0.25) is 0 Å². The van der Waals surface area contributed by atoms with Crippen molar-refractivity contribution in [1.82, 2.24) is 0 Å². The summed E-state index contributed by atoms with van der Waals surface area (Å²) in [7, 11) is 0. The Bertz CT molecular complexity index is 987. The molecule has 3 aromatic carbocycles. The predicted molar refractivity (Wildman–Crippen MR) is 113 cm³/mol. The Morgan fingerprint density at radius 3 is 2.28 bits per heavy atom. The van der Waals surface area contributed by atoms with Gasteiger partial charge in [0.15, 0.2) is 0 Å². The lowest BCUT2D eigenvalue weighted by Gasteiger charge is -2.09. The average molecular weight is 391 g/mol. The molecule has 29 heavy (non-hydrogen) atoms. The van der Waals surface area contributed by atoms with Crippen molar-refractivity contribution < 1.29 is 14.4 Å². The van der Waals surface area contributed by atoms with Gasteiger partial charge in [-0.3, -0.25) is 15.5 Å². The summed E-state index contributed by atoms with van der Waals surface area (Å²) >= 11 is 0. The molecule has 0 radical (unpaired) electrons. The third-order valence-corrected chi connectivity index (χ3v) is 3.95. The highest BCUT2D eigenvalue weighted by atomic mass is 16.6. The number of hydrazone groups is 1. The van der Waals surface area contributed by atoms with Gasteiger partial charge in [0, 0.05) is 12.1 Å². The zero-order valence-corrected chi connectivity index (χ0v) is 15.9. The summed E-state index contributed by atoms with van der Waals surface area (Å²) in [6, 6.07) is 21.4. The molecule has 0 amide bonds. The van der Waals surface area contributed by atoms with Crippen LogP contribution in [0.2, 0.25) is 0 Å². The maximum absolute atomic E-state index is 10.7. The van der Waals surface area contributed by atoms with Crippen LogP contribution in [0.1, 0.15) is 11.1 Å². The first-order chi connectivity index (χ1) is 14.1. The molecule has 0 saturated heterocycles. The molecule has 1 N–H and O–H groups in total. The number of nitro groups is 1. The van der Waals surface area contributed by atoms with E-state index in [0.717, 1.165) is 22.6 Å². The molecule has 0 heterocycles. The first-order valence-corrected chi connectivity index (χ1v) is 9.06. The second kappa shape index (κ2) is 9.89. The number of non-ortho nitro benzene ring substituents is 1. The molecule has 7 heteroatoms. The lowest BCUT2D eigenvalue weighted by molar-refractivity contribution is -0.384. The zero-order chi connectivity index (χ0) is 20.5. The minimum absolute atomic E-state index is 0.0377. The normalized spacial score (nSPS) is 10.7. The number of nitrogens with one attached hydrogen (secondary N) is 1. The Morgan fingerprint density at radius 1 is 0.966 bits per heavy atom. The van der Waals surface area contributed by atoms with Crippen molar-refractivity contribution in [3.63, 3.8) is 0 Å². The van der Waals surface area contributed by atoms with E-state index >= 15 is 0 Å². The van der Waals surface area contributed by atoms with Gasteiger partial charge in [-0.1, -0.05) is 24.3 Å². The van der Waals surface area contributed by atoms with Crippen LogP contribution < -0.4 is 14.9 Å². The number of nitrogens with zero attached hydrogens (tertiary/aromatic N) is 2. The SMILES string of the molecule is Cc1cccc(OCCOc2cccc(/C=N\Nc3ccc([N+](=O)[O-])cc3)c2)c1. The molecule has 3 aromatic rings. The molecule has 0 bridgehead atoms. The van der Waals surface area contributed by atoms with Crippen LogP contribution >= 0.6 is 0 Å². The van der Waals surface area contributed by atoms with Crippen LogP contribution in [0.5, 0.6) is 11.5 Å². The molecule has 3 rings (SSSR count). The van der Waals surface area contributed by atoms with Gasteiger partial charge in [-0.2, -0.15) is 5.10 Å². The van der Waals surface area contributed by atoms with Gasteiger partial charge in [0.25, 0.3) is 5.69 Å². The fourth-order valence-electron chi connectivity index (χ4n) is 2.55. The molecule has 0 fully saturated rings. The number of hydrogen-bond acceptors (Lipinski definition) is 6. The van der Waals surface area contributed by atoms with Crippen molar-refractivity contribution in [2.75, 3.05) is 18.6 Å². The Morgan fingerprint density at radius 2 is 1.62 bits per heavy atom. The van der Waals surface area contributed by atoms with E-state index in [1.807, 2.05) is 55.5 Å². The van der Waals surface area contributed by atoms with Crippen LogP contribution in [0.4, 0.5) is 11.4 Å². The second-order valence-electron chi connectivity index (χ2n) is 6.26. The summed E-state index contributed by atoms with van der Waals surface area (Å²) in [5.41, 5.74) is 5.55. The molecule has 0 unspecified atom stereocenters. The number of rotatable bonds is 9. The summed E-state index contributed by atoms with van der Waals surface area (Å²) in [5, 5.41) is 14.8. The van der Waals surface area contributed by atoms with Crippen molar-refractivity contribution in [1.29, 1.82) is 0 Å². The van der Waals surface area contributed by atoms with E-state index in [1.165, 1.54) is 12.1 Å². The van der Waals surface area contributed by atoms with Gasteiger partial charge >= 0.3 is 0 Å². The number of nitro benzene ring substituents is 1. The molecule has 0 aromatic heterocycles. The number of anilines is 1. The Labute approximate surface area is 168 Å². The molecule has 0 atom stereocenters. The molecule has 0 aliphatic rings. The first kappa shape index (κ1) is 19.9. The van der Waals surface area contributed by atoms with Crippen molar-refractivity contribution in [2.45, 2.75) is 6.92 Å². The van der Waals surface area contributed by atoms with E-state index in [2.05, 4.69) is 10.5 Å². The summed E-state index contributed by atoms with van der Waals surface area (Å²) < 4.78 is 11.4. The average Bonchev–Trinajstić information content (AvgIpc) is 2.72. The monoisotopic (exact) mass is 391 g/mol. The third kappa shape index (κ3) is 6.35. The van der Waals surface area contributed by atoms with Crippen molar-refractivity contribution in [3.8, 4) is 11.5 Å². The predicted octanol–water partition coefficient (Wildman–Crippen LogP) is 4.81. The van der Waals surface area contributed by atoms with Gasteiger partial charge in [-0.05, 0) is 54.4 Å². The summed E-state index contributed by atoms with van der Waals surface area (Å²) in [5.74, 6) is 1.55. The lowest BCUT2D eigenvalue weighted by Crippen LogP contribution is -2.09. The largest absolute Gasteiger partial charge is 0.490 e. The summed E-state index contributed by atoms with van der Waals surface area (Å²) in [4.78, 5) is 10.2. The van der Waals surface area contributed by atoms with E-state index < -0.39 is 4.92 Å². The molecular weight excluding hydrogens is 370 g/mol. The maximum atomic E-state index is 10.7. The van der Waals surface area contributed by atoms with Crippen molar-refractivity contribution in [3.05, 3.63) is 94.0 Å². The van der Waals surface area contributed by atoms with Crippen LogP contribution in [-0.2, 0) is 0 Å². The van der Waals surface area contributed by atoms with E-state index in [1.54, 1.807) is 18.3 Å². The van der Waals surface area contributed by atoms with Crippen LogP contribution in [0.3, 0.4) is 0 Å². The molecular formula is C22H21N3O4. The quantitative estimate of drug-likeness (QED) is 0.245.